The van der Waals surface area contributed by atoms with E-state index in [4.69, 9.17) is 11.6 Å². The first-order valence-corrected chi connectivity index (χ1v) is 12.1. The van der Waals surface area contributed by atoms with Crippen LogP contribution in [0.2, 0.25) is 5.02 Å². The second-order valence-electron chi connectivity index (χ2n) is 9.40. The SMILES string of the molecule is CN(C(=O)c1n[nH]c2c1CN(C(=O)c1cc3cc(F)c(Cl)cc3[nH]1)CC2)C1(c2ncc(C=O)cn2)CC1. The summed E-state index contributed by atoms with van der Waals surface area (Å²) in [4.78, 5) is 52.6. The van der Waals surface area contributed by atoms with E-state index in [9.17, 15) is 18.8 Å². The fourth-order valence-electron chi connectivity index (χ4n) is 4.88. The zero-order valence-corrected chi connectivity index (χ0v) is 20.5. The number of benzene rings is 1. The van der Waals surface area contributed by atoms with E-state index in [1.807, 2.05) is 0 Å². The Hall–Kier alpha value is -4.12. The highest BCUT2D eigenvalue weighted by Gasteiger charge is 2.53. The van der Waals surface area contributed by atoms with Crippen molar-refractivity contribution in [2.24, 2.45) is 0 Å². The molecule has 0 spiro atoms. The molecule has 3 aromatic heterocycles. The first-order valence-electron chi connectivity index (χ1n) is 11.7. The van der Waals surface area contributed by atoms with Crippen molar-refractivity contribution in [2.45, 2.75) is 31.3 Å². The van der Waals surface area contributed by atoms with Crippen LogP contribution >= 0.6 is 11.6 Å². The summed E-state index contributed by atoms with van der Waals surface area (Å²) in [7, 11) is 1.69. The van der Waals surface area contributed by atoms with E-state index in [1.54, 1.807) is 22.9 Å². The molecule has 6 rings (SSSR count). The average Bonchev–Trinajstić information content (AvgIpc) is 3.46. The summed E-state index contributed by atoms with van der Waals surface area (Å²) in [5, 5.41) is 7.76. The van der Waals surface area contributed by atoms with Crippen molar-refractivity contribution in [3.8, 4) is 0 Å². The molecule has 2 aliphatic rings. The Balaban J connectivity index is 1.24. The van der Waals surface area contributed by atoms with Crippen molar-refractivity contribution in [3.05, 3.63) is 75.5 Å². The molecule has 0 atom stereocenters. The van der Waals surface area contributed by atoms with Gasteiger partial charge in [0.05, 0.1) is 17.1 Å². The van der Waals surface area contributed by atoms with Crippen LogP contribution in [0.5, 0.6) is 0 Å². The lowest BCUT2D eigenvalue weighted by Gasteiger charge is -2.29. The number of H-pyrrole nitrogens is 2. The third-order valence-electron chi connectivity index (χ3n) is 7.21. The Kier molecular flexibility index (Phi) is 5.34. The van der Waals surface area contributed by atoms with Crippen molar-refractivity contribution < 1.29 is 18.8 Å². The maximum Gasteiger partial charge on any atom is 0.275 e. The number of aromatic nitrogens is 5. The van der Waals surface area contributed by atoms with Crippen LogP contribution in [0, 0.1) is 5.82 Å². The molecule has 188 valence electrons. The van der Waals surface area contributed by atoms with Gasteiger partial charge >= 0.3 is 0 Å². The smallest absolute Gasteiger partial charge is 0.275 e. The molecule has 1 saturated carbocycles. The first-order chi connectivity index (χ1) is 17.8. The van der Waals surface area contributed by atoms with Gasteiger partial charge in [0, 0.05) is 54.6 Å². The highest BCUT2D eigenvalue weighted by molar-refractivity contribution is 6.31. The van der Waals surface area contributed by atoms with E-state index in [2.05, 4.69) is 25.1 Å². The number of carbonyl (C=O) groups excluding carboxylic acids is 3. The van der Waals surface area contributed by atoms with Crippen LogP contribution in [0.15, 0.2) is 30.6 Å². The monoisotopic (exact) mass is 521 g/mol. The summed E-state index contributed by atoms with van der Waals surface area (Å²) in [6.07, 6.45) is 5.45. The molecular formula is C25H21ClFN7O3. The minimum absolute atomic E-state index is 0.0276. The van der Waals surface area contributed by atoms with Crippen molar-refractivity contribution in [3.63, 3.8) is 0 Å². The maximum atomic E-state index is 13.9. The van der Waals surface area contributed by atoms with Gasteiger partial charge in [0.25, 0.3) is 11.8 Å². The standard InChI is InChI=1S/C25H21ClFN7O3/c1-33(25(3-4-25)24-28-9-13(12-35)10-29-24)23(37)21-15-11-34(5-2-18(15)31-32-21)22(36)20-7-14-6-17(27)16(26)8-19(14)30-20/h6-10,12,30H,2-5,11H2,1H3,(H,31,32). The number of halogens is 2. The number of fused-ring (bicyclic) bond motifs is 2. The van der Waals surface area contributed by atoms with Crippen molar-refractivity contribution in [1.29, 1.82) is 0 Å². The lowest BCUT2D eigenvalue weighted by molar-refractivity contribution is 0.0674. The zero-order chi connectivity index (χ0) is 25.9. The van der Waals surface area contributed by atoms with Crippen LogP contribution in [0.25, 0.3) is 10.9 Å². The van der Waals surface area contributed by atoms with Crippen LogP contribution in [0.4, 0.5) is 4.39 Å². The first kappa shape index (κ1) is 23.3. The number of aldehydes is 1. The van der Waals surface area contributed by atoms with Gasteiger partial charge in [-0.05, 0) is 31.0 Å². The van der Waals surface area contributed by atoms with Crippen molar-refractivity contribution in [1.82, 2.24) is 34.9 Å². The quantitative estimate of drug-likeness (QED) is 0.388. The largest absolute Gasteiger partial charge is 0.350 e. The highest BCUT2D eigenvalue weighted by Crippen LogP contribution is 2.49. The number of rotatable bonds is 5. The molecule has 0 unspecified atom stereocenters. The molecule has 37 heavy (non-hydrogen) atoms. The average molecular weight is 522 g/mol. The summed E-state index contributed by atoms with van der Waals surface area (Å²) >= 11 is 5.87. The summed E-state index contributed by atoms with van der Waals surface area (Å²) in [6, 6.07) is 4.32. The number of hydrogen-bond acceptors (Lipinski definition) is 6. The van der Waals surface area contributed by atoms with E-state index in [-0.39, 0.29) is 29.1 Å². The molecule has 2 N–H and O–H groups in total. The predicted octanol–water partition coefficient (Wildman–Crippen LogP) is 3.25. The van der Waals surface area contributed by atoms with Gasteiger partial charge in [0.2, 0.25) is 0 Å². The van der Waals surface area contributed by atoms with Gasteiger partial charge in [-0.25, -0.2) is 14.4 Å². The molecule has 1 aliphatic carbocycles. The topological polar surface area (TPSA) is 128 Å². The summed E-state index contributed by atoms with van der Waals surface area (Å²) in [6.45, 7) is 0.629. The maximum absolute atomic E-state index is 13.9. The minimum Gasteiger partial charge on any atom is -0.350 e. The molecule has 0 radical (unpaired) electrons. The molecule has 2 amide bonds. The second-order valence-corrected chi connectivity index (χ2v) is 9.80. The van der Waals surface area contributed by atoms with Crippen LogP contribution in [0.3, 0.4) is 0 Å². The van der Waals surface area contributed by atoms with Crippen LogP contribution in [-0.2, 0) is 18.5 Å². The summed E-state index contributed by atoms with van der Waals surface area (Å²) in [5.41, 5.74) is 2.29. The third kappa shape index (κ3) is 3.77. The lowest BCUT2D eigenvalue weighted by Crippen LogP contribution is -2.40. The minimum atomic E-state index is -0.657. The Bertz CT molecular complexity index is 1540. The zero-order valence-electron chi connectivity index (χ0n) is 19.7. The number of aromatic amines is 2. The Labute approximate surface area is 214 Å². The van der Waals surface area contributed by atoms with Gasteiger partial charge in [-0.15, -0.1) is 0 Å². The molecule has 0 bridgehead atoms. The van der Waals surface area contributed by atoms with Gasteiger partial charge in [-0.2, -0.15) is 5.10 Å². The molecule has 1 aliphatic heterocycles. The molecule has 4 aromatic rings. The number of nitrogens with one attached hydrogen (secondary N) is 2. The number of nitrogens with zero attached hydrogens (tertiary/aromatic N) is 5. The van der Waals surface area contributed by atoms with Crippen molar-refractivity contribution in [2.75, 3.05) is 13.6 Å². The van der Waals surface area contributed by atoms with Crippen LogP contribution in [0.1, 0.15) is 61.3 Å². The normalized spacial score (nSPS) is 15.9. The van der Waals surface area contributed by atoms with Crippen LogP contribution in [-0.4, -0.2) is 66.6 Å². The van der Waals surface area contributed by atoms with Gasteiger partial charge < -0.3 is 14.8 Å². The fraction of sp³-hybridized carbons (Fsp3) is 0.280. The van der Waals surface area contributed by atoms with E-state index < -0.39 is 11.4 Å². The third-order valence-corrected chi connectivity index (χ3v) is 7.50. The molecule has 12 heteroatoms. The number of hydrogen-bond donors (Lipinski definition) is 2. The molecule has 1 aromatic carbocycles. The van der Waals surface area contributed by atoms with Gasteiger partial charge in [0.15, 0.2) is 17.8 Å². The Morgan fingerprint density at radius 2 is 1.97 bits per heavy atom. The number of amides is 2. The van der Waals surface area contributed by atoms with Gasteiger partial charge in [-0.3, -0.25) is 19.5 Å². The lowest BCUT2D eigenvalue weighted by atomic mass is 10.0. The predicted molar refractivity (Wildman–Crippen MR) is 131 cm³/mol. The molecular weight excluding hydrogens is 501 g/mol. The Morgan fingerprint density at radius 3 is 2.68 bits per heavy atom. The van der Waals surface area contributed by atoms with Gasteiger partial charge in [-0.1, -0.05) is 11.6 Å². The highest BCUT2D eigenvalue weighted by atomic mass is 35.5. The number of carbonyl (C=O) groups is 3. The van der Waals surface area contributed by atoms with Crippen LogP contribution < -0.4 is 0 Å². The van der Waals surface area contributed by atoms with E-state index >= 15 is 0 Å². The van der Waals surface area contributed by atoms with Gasteiger partial charge in [0.1, 0.15) is 17.1 Å². The van der Waals surface area contributed by atoms with E-state index in [0.29, 0.717) is 65.6 Å². The molecule has 1 fully saturated rings. The van der Waals surface area contributed by atoms with E-state index in [1.165, 1.54) is 24.5 Å². The summed E-state index contributed by atoms with van der Waals surface area (Å²) < 4.78 is 13.9. The molecule has 4 heterocycles. The molecule has 10 nitrogen and oxygen atoms in total. The molecule has 0 saturated heterocycles. The Morgan fingerprint density at radius 1 is 1.22 bits per heavy atom. The fourth-order valence-corrected chi connectivity index (χ4v) is 5.04. The van der Waals surface area contributed by atoms with E-state index in [0.717, 1.165) is 5.69 Å². The summed E-state index contributed by atoms with van der Waals surface area (Å²) in [5.74, 6) is -0.652. The van der Waals surface area contributed by atoms with Crippen molar-refractivity contribution >= 4 is 40.6 Å². The second kappa shape index (κ2) is 8.48.